The van der Waals surface area contributed by atoms with E-state index in [4.69, 9.17) is 9.47 Å². The Hall–Kier alpha value is -1.90. The summed E-state index contributed by atoms with van der Waals surface area (Å²) >= 11 is 0. The van der Waals surface area contributed by atoms with E-state index in [-0.39, 0.29) is 5.75 Å². The highest BCUT2D eigenvalue weighted by Gasteiger charge is 2.25. The molecule has 2 aliphatic rings. The molecule has 1 aliphatic heterocycles. The van der Waals surface area contributed by atoms with Gasteiger partial charge in [0.2, 0.25) is 10.0 Å². The van der Waals surface area contributed by atoms with Gasteiger partial charge in [0.15, 0.2) is 0 Å². The number of sulfonamides is 1. The molecular formula is C20H27N3O4S. The second-order valence-electron chi connectivity index (χ2n) is 7.18. The summed E-state index contributed by atoms with van der Waals surface area (Å²) in [6.07, 6.45) is 6.88. The lowest BCUT2D eigenvalue weighted by Crippen LogP contribution is -2.42. The van der Waals surface area contributed by atoms with Crippen LogP contribution in [0.2, 0.25) is 0 Å². The molecule has 0 atom stereocenters. The van der Waals surface area contributed by atoms with Gasteiger partial charge >= 0.3 is 0 Å². The van der Waals surface area contributed by atoms with Gasteiger partial charge < -0.3 is 14.0 Å². The fourth-order valence-electron chi connectivity index (χ4n) is 3.95. The van der Waals surface area contributed by atoms with Gasteiger partial charge in [-0.25, -0.2) is 13.4 Å². The molecule has 4 rings (SSSR count). The number of aromatic nitrogens is 2. The molecule has 8 heteroatoms. The summed E-state index contributed by atoms with van der Waals surface area (Å²) in [5.41, 5.74) is 3.63. The maximum Gasteiger partial charge on any atom is 0.216 e. The number of hydrogen-bond donors (Lipinski definition) is 0. The zero-order valence-corrected chi connectivity index (χ0v) is 17.1. The van der Waals surface area contributed by atoms with Crippen molar-refractivity contribution in [2.45, 2.75) is 32.7 Å². The van der Waals surface area contributed by atoms with Crippen LogP contribution in [0, 0.1) is 0 Å². The quantitative estimate of drug-likeness (QED) is 0.705. The molecule has 7 nitrogen and oxygen atoms in total. The highest BCUT2D eigenvalue weighted by Crippen LogP contribution is 2.35. The number of rotatable bonds is 7. The first-order valence-corrected chi connectivity index (χ1v) is 11.5. The van der Waals surface area contributed by atoms with E-state index in [2.05, 4.69) is 17.1 Å². The van der Waals surface area contributed by atoms with Crippen molar-refractivity contribution < 1.29 is 17.9 Å². The van der Waals surface area contributed by atoms with E-state index in [1.807, 2.05) is 17.7 Å². The highest BCUT2D eigenvalue weighted by molar-refractivity contribution is 7.89. The van der Waals surface area contributed by atoms with Crippen LogP contribution in [-0.4, -0.2) is 60.9 Å². The van der Waals surface area contributed by atoms with Gasteiger partial charge in [-0.15, -0.1) is 0 Å². The minimum Gasteiger partial charge on any atom is -0.493 e. The van der Waals surface area contributed by atoms with Crippen molar-refractivity contribution >= 4 is 10.0 Å². The highest BCUT2D eigenvalue weighted by atomic mass is 32.2. The molecule has 28 heavy (non-hydrogen) atoms. The van der Waals surface area contributed by atoms with Crippen molar-refractivity contribution in [3.8, 4) is 17.1 Å². The van der Waals surface area contributed by atoms with Crippen LogP contribution in [0.25, 0.3) is 11.4 Å². The first-order chi connectivity index (χ1) is 13.6. The molecule has 1 fully saturated rings. The predicted octanol–water partition coefficient (Wildman–Crippen LogP) is 2.10. The van der Waals surface area contributed by atoms with Gasteiger partial charge in [-0.2, -0.15) is 4.31 Å². The second-order valence-corrected chi connectivity index (χ2v) is 9.26. The first-order valence-electron chi connectivity index (χ1n) is 9.94. The Bertz CT molecular complexity index is 933. The van der Waals surface area contributed by atoms with Crippen LogP contribution in [-0.2, 0) is 34.1 Å². The lowest BCUT2D eigenvalue weighted by Gasteiger charge is -2.26. The second kappa shape index (κ2) is 8.23. The largest absolute Gasteiger partial charge is 0.493 e. The molecule has 1 aliphatic carbocycles. The van der Waals surface area contributed by atoms with Crippen molar-refractivity contribution in [2.75, 3.05) is 38.7 Å². The molecule has 2 heterocycles. The van der Waals surface area contributed by atoms with Crippen LogP contribution in [0.1, 0.15) is 24.5 Å². The summed E-state index contributed by atoms with van der Waals surface area (Å²) in [5.74, 6) is 1.63. The monoisotopic (exact) mass is 405 g/mol. The fourth-order valence-corrected chi connectivity index (χ4v) is 5.34. The van der Waals surface area contributed by atoms with E-state index < -0.39 is 10.0 Å². The lowest BCUT2D eigenvalue weighted by molar-refractivity contribution is 0.0730. The van der Waals surface area contributed by atoms with Gasteiger partial charge in [-0.3, -0.25) is 0 Å². The number of fused-ring (bicyclic) bond motifs is 1. The molecule has 2 aromatic rings. The normalized spacial score (nSPS) is 17.6. The van der Waals surface area contributed by atoms with Crippen molar-refractivity contribution in [1.82, 2.24) is 13.9 Å². The third-order valence-corrected chi connectivity index (χ3v) is 7.25. The van der Waals surface area contributed by atoms with E-state index in [0.717, 1.165) is 36.4 Å². The molecule has 1 saturated heterocycles. The molecule has 1 aromatic heterocycles. The Morgan fingerprint density at radius 1 is 1.18 bits per heavy atom. The maximum atomic E-state index is 12.7. The van der Waals surface area contributed by atoms with Crippen LogP contribution in [0.5, 0.6) is 5.75 Å². The zero-order chi connectivity index (χ0) is 19.6. The molecular weight excluding hydrogens is 378 g/mol. The first kappa shape index (κ1) is 19.4. The average molecular weight is 406 g/mol. The van der Waals surface area contributed by atoms with Gasteiger partial charge in [0.1, 0.15) is 11.6 Å². The van der Waals surface area contributed by atoms with Crippen molar-refractivity contribution in [3.63, 3.8) is 0 Å². The Morgan fingerprint density at radius 2 is 1.93 bits per heavy atom. The molecule has 0 unspecified atom stereocenters. The summed E-state index contributed by atoms with van der Waals surface area (Å²) in [5, 5.41) is 0. The third-order valence-electron chi connectivity index (χ3n) is 5.40. The van der Waals surface area contributed by atoms with Crippen LogP contribution in [0.15, 0.2) is 24.5 Å². The third kappa shape index (κ3) is 3.94. The maximum absolute atomic E-state index is 12.7. The molecule has 0 radical (unpaired) electrons. The number of nitrogens with zero attached hydrogens (tertiary/aromatic N) is 3. The Labute approximate surface area is 166 Å². The van der Waals surface area contributed by atoms with Gasteiger partial charge in [0.25, 0.3) is 0 Å². The molecule has 0 saturated carbocycles. The molecule has 152 valence electrons. The minimum atomic E-state index is -3.31. The predicted molar refractivity (Wildman–Crippen MR) is 107 cm³/mol. The average Bonchev–Trinajstić information content (AvgIpc) is 3.35. The number of morpholine rings is 1. The number of ether oxygens (including phenoxy) is 2. The Balaban J connectivity index is 1.58. The molecule has 1 aromatic carbocycles. The minimum absolute atomic E-state index is 0.0469. The fraction of sp³-hybridized carbons (Fsp3) is 0.550. The van der Waals surface area contributed by atoms with E-state index in [1.54, 1.807) is 6.20 Å². The van der Waals surface area contributed by atoms with Crippen molar-refractivity contribution in [2.24, 2.45) is 0 Å². The zero-order valence-electron chi connectivity index (χ0n) is 16.3. The molecule has 0 spiro atoms. The van der Waals surface area contributed by atoms with Crippen LogP contribution in [0.4, 0.5) is 0 Å². The topological polar surface area (TPSA) is 73.7 Å². The summed E-state index contributed by atoms with van der Waals surface area (Å²) in [7, 11) is -3.31. The number of aryl methyl sites for hydroxylation is 3. The van der Waals surface area contributed by atoms with Crippen LogP contribution < -0.4 is 4.74 Å². The number of imidazole rings is 1. The van der Waals surface area contributed by atoms with E-state index in [1.165, 1.54) is 15.4 Å². The number of benzene rings is 1. The van der Waals surface area contributed by atoms with Crippen molar-refractivity contribution in [3.05, 3.63) is 35.7 Å². The summed E-state index contributed by atoms with van der Waals surface area (Å²) < 4.78 is 39.9. The van der Waals surface area contributed by atoms with Crippen LogP contribution >= 0.6 is 0 Å². The summed E-state index contributed by atoms with van der Waals surface area (Å²) in [6.45, 7) is 4.69. The summed E-state index contributed by atoms with van der Waals surface area (Å²) in [4.78, 5) is 4.52. The molecule has 0 bridgehead atoms. The van der Waals surface area contributed by atoms with E-state index in [9.17, 15) is 8.42 Å². The van der Waals surface area contributed by atoms with E-state index in [0.29, 0.717) is 39.5 Å². The van der Waals surface area contributed by atoms with Crippen molar-refractivity contribution in [1.29, 1.82) is 0 Å². The van der Waals surface area contributed by atoms with Gasteiger partial charge in [0.05, 0.1) is 31.1 Å². The van der Waals surface area contributed by atoms with Gasteiger partial charge in [-0.1, -0.05) is 0 Å². The SMILES string of the molecule is CCOc1cc2c(cc1-c1nccn1CCS(=O)(=O)N1CCOCC1)CCC2. The Morgan fingerprint density at radius 3 is 2.68 bits per heavy atom. The number of hydrogen-bond acceptors (Lipinski definition) is 5. The lowest BCUT2D eigenvalue weighted by atomic mass is 10.0. The van der Waals surface area contributed by atoms with E-state index >= 15 is 0 Å². The molecule has 0 amide bonds. The van der Waals surface area contributed by atoms with Gasteiger partial charge in [-0.05, 0) is 49.4 Å². The van der Waals surface area contributed by atoms with Crippen LogP contribution in [0.3, 0.4) is 0 Å². The smallest absolute Gasteiger partial charge is 0.216 e. The summed E-state index contributed by atoms with van der Waals surface area (Å²) in [6, 6.07) is 4.30. The van der Waals surface area contributed by atoms with Gasteiger partial charge in [0, 0.05) is 32.0 Å². The molecule has 0 N–H and O–H groups in total. The standard InChI is InChI=1S/C20H27N3O4S/c1-2-27-19-15-17-5-3-4-16(17)14-18(19)20-21-6-7-22(20)10-13-28(24,25)23-8-11-26-12-9-23/h6-7,14-15H,2-5,8-13H2,1H3. The Kier molecular flexibility index (Phi) is 5.70.